The molecule has 7 nitrogen and oxygen atoms in total. The van der Waals surface area contributed by atoms with Gasteiger partial charge in [-0.15, -0.1) is 0 Å². The molecule has 0 amide bonds. The van der Waals surface area contributed by atoms with Gasteiger partial charge in [-0.2, -0.15) is 13.1 Å². The second-order valence-corrected chi connectivity index (χ2v) is 4.94. The number of nitrogens with one attached hydrogen (secondary N) is 2. The molecular formula is C8H18N2O5S. The van der Waals surface area contributed by atoms with E-state index in [2.05, 4.69) is 14.4 Å². The summed E-state index contributed by atoms with van der Waals surface area (Å²) >= 11 is 0. The van der Waals surface area contributed by atoms with Crippen LogP contribution in [-0.2, 0) is 24.1 Å². The molecule has 1 saturated heterocycles. The molecule has 1 rings (SSSR count). The highest BCUT2D eigenvalue weighted by molar-refractivity contribution is 7.84. The van der Waals surface area contributed by atoms with Gasteiger partial charge in [0, 0.05) is 20.0 Å². The maximum atomic E-state index is 11.0. The van der Waals surface area contributed by atoms with Crippen LogP contribution in [0.15, 0.2) is 0 Å². The van der Waals surface area contributed by atoms with Gasteiger partial charge < -0.3 is 4.74 Å². The molecule has 0 radical (unpaired) electrons. The normalized spacial score (nSPS) is 26.9. The molecule has 0 aromatic rings. The molecule has 0 aromatic heterocycles. The molecule has 16 heavy (non-hydrogen) atoms. The Bertz CT molecular complexity index is 293. The Balaban J connectivity index is 2.32. The number of hydroxylamine groups is 1. The molecule has 2 atom stereocenters. The van der Waals surface area contributed by atoms with Gasteiger partial charge in [-0.1, -0.05) is 0 Å². The van der Waals surface area contributed by atoms with Gasteiger partial charge >= 0.3 is 10.3 Å². The third kappa shape index (κ3) is 4.73. The zero-order chi connectivity index (χ0) is 12.0. The minimum atomic E-state index is -3.64. The van der Waals surface area contributed by atoms with Crippen molar-refractivity contribution >= 4 is 10.3 Å². The topological polar surface area (TPSA) is 85.9 Å². The predicted molar refractivity (Wildman–Crippen MR) is 56.6 cm³/mol. The monoisotopic (exact) mass is 254 g/mol. The van der Waals surface area contributed by atoms with Gasteiger partial charge in [0.15, 0.2) is 6.29 Å². The molecule has 96 valence electrons. The second-order valence-electron chi connectivity index (χ2n) is 3.41. The molecule has 8 heteroatoms. The van der Waals surface area contributed by atoms with Crippen molar-refractivity contribution < 1.29 is 22.2 Å². The van der Waals surface area contributed by atoms with Crippen LogP contribution in [0.5, 0.6) is 0 Å². The fourth-order valence-electron chi connectivity index (χ4n) is 1.49. The summed E-state index contributed by atoms with van der Waals surface area (Å²) in [7, 11) is -0.874. The Morgan fingerprint density at radius 1 is 1.44 bits per heavy atom. The summed E-state index contributed by atoms with van der Waals surface area (Å²) in [5.74, 6) is 0. The third-order valence-electron chi connectivity index (χ3n) is 2.27. The van der Waals surface area contributed by atoms with E-state index in [9.17, 15) is 8.42 Å². The van der Waals surface area contributed by atoms with E-state index < -0.39 is 10.3 Å². The van der Waals surface area contributed by atoms with Crippen LogP contribution in [-0.4, -0.2) is 41.5 Å². The van der Waals surface area contributed by atoms with Crippen LogP contribution in [0.2, 0.25) is 0 Å². The van der Waals surface area contributed by atoms with Crippen molar-refractivity contribution in [2.24, 2.45) is 0 Å². The molecule has 1 aliphatic rings. The zero-order valence-corrected chi connectivity index (χ0v) is 10.2. The highest BCUT2D eigenvalue weighted by Gasteiger charge is 2.24. The van der Waals surface area contributed by atoms with Crippen LogP contribution in [0.3, 0.4) is 0 Å². The van der Waals surface area contributed by atoms with E-state index in [0.717, 1.165) is 26.4 Å². The van der Waals surface area contributed by atoms with Crippen molar-refractivity contribution in [3.05, 3.63) is 0 Å². The van der Waals surface area contributed by atoms with E-state index in [-0.39, 0.29) is 18.9 Å². The zero-order valence-electron chi connectivity index (χ0n) is 9.43. The van der Waals surface area contributed by atoms with Gasteiger partial charge in [-0.25, -0.2) is 5.48 Å². The van der Waals surface area contributed by atoms with Gasteiger partial charge in [0.05, 0.1) is 13.2 Å². The fourth-order valence-corrected chi connectivity index (χ4v) is 1.99. The van der Waals surface area contributed by atoms with Crippen molar-refractivity contribution in [3.63, 3.8) is 0 Å². The SMILES string of the molecule is CNO[C@H]1CCC[C@@H](CNS(=O)(=O)OC)O1. The summed E-state index contributed by atoms with van der Waals surface area (Å²) in [4.78, 5) is 5.09. The highest BCUT2D eigenvalue weighted by atomic mass is 32.2. The van der Waals surface area contributed by atoms with Crippen molar-refractivity contribution in [3.8, 4) is 0 Å². The molecule has 0 spiro atoms. The summed E-state index contributed by atoms with van der Waals surface area (Å²) in [5, 5.41) is 0. The largest absolute Gasteiger partial charge is 0.346 e. The number of hydrogen-bond acceptors (Lipinski definition) is 6. The van der Waals surface area contributed by atoms with Gasteiger partial charge in [-0.05, 0) is 12.8 Å². The van der Waals surface area contributed by atoms with E-state index in [1.165, 1.54) is 0 Å². The smallest absolute Gasteiger partial charge is 0.335 e. The fraction of sp³-hybridized carbons (Fsp3) is 1.00. The van der Waals surface area contributed by atoms with E-state index in [0.29, 0.717) is 0 Å². The summed E-state index contributed by atoms with van der Waals surface area (Å²) in [6, 6.07) is 0. The lowest BCUT2D eigenvalue weighted by atomic mass is 10.1. The average Bonchev–Trinajstić information content (AvgIpc) is 2.28. The summed E-state index contributed by atoms with van der Waals surface area (Å²) in [5.41, 5.74) is 2.55. The predicted octanol–water partition coefficient (Wildman–Crippen LogP) is -0.487. The Labute approximate surface area is 95.7 Å². The molecular weight excluding hydrogens is 236 g/mol. The van der Waals surface area contributed by atoms with E-state index in [1.54, 1.807) is 7.05 Å². The Kier molecular flexibility index (Phi) is 5.59. The van der Waals surface area contributed by atoms with Crippen molar-refractivity contribution in [1.82, 2.24) is 10.2 Å². The number of ether oxygens (including phenoxy) is 1. The standard InChI is InChI=1S/C8H18N2O5S/c1-9-15-8-5-3-4-7(14-8)6-10-16(11,12)13-2/h7-10H,3-6H2,1-2H3/t7-,8-/m0/s1. The molecule has 0 aliphatic carbocycles. The maximum absolute atomic E-state index is 11.0. The molecule has 0 bridgehead atoms. The Morgan fingerprint density at radius 2 is 2.19 bits per heavy atom. The van der Waals surface area contributed by atoms with Gasteiger partial charge in [-0.3, -0.25) is 9.02 Å². The Hall–Kier alpha value is -0.250. The first-order valence-electron chi connectivity index (χ1n) is 5.10. The number of hydrogen-bond donors (Lipinski definition) is 2. The lowest BCUT2D eigenvalue weighted by molar-refractivity contribution is -0.216. The lowest BCUT2D eigenvalue weighted by Gasteiger charge is -2.29. The van der Waals surface area contributed by atoms with Crippen molar-refractivity contribution in [2.75, 3.05) is 20.7 Å². The minimum Gasteiger partial charge on any atom is -0.346 e. The summed E-state index contributed by atoms with van der Waals surface area (Å²) in [6.07, 6.45) is 2.03. The van der Waals surface area contributed by atoms with E-state index in [4.69, 9.17) is 9.57 Å². The molecule has 1 aliphatic heterocycles. The van der Waals surface area contributed by atoms with Crippen molar-refractivity contribution in [1.29, 1.82) is 0 Å². The first-order chi connectivity index (χ1) is 7.57. The van der Waals surface area contributed by atoms with Gasteiger partial charge in [0.1, 0.15) is 0 Å². The molecule has 1 heterocycles. The van der Waals surface area contributed by atoms with Crippen LogP contribution >= 0.6 is 0 Å². The van der Waals surface area contributed by atoms with Crippen LogP contribution in [0.4, 0.5) is 0 Å². The van der Waals surface area contributed by atoms with Crippen LogP contribution in [0.1, 0.15) is 19.3 Å². The molecule has 0 aromatic carbocycles. The van der Waals surface area contributed by atoms with E-state index >= 15 is 0 Å². The second kappa shape index (κ2) is 6.48. The van der Waals surface area contributed by atoms with Gasteiger partial charge in [0.25, 0.3) is 0 Å². The van der Waals surface area contributed by atoms with E-state index in [1.807, 2.05) is 0 Å². The quantitative estimate of drug-likeness (QED) is 0.622. The molecule has 2 N–H and O–H groups in total. The van der Waals surface area contributed by atoms with Gasteiger partial charge in [0.2, 0.25) is 0 Å². The van der Waals surface area contributed by atoms with Crippen molar-refractivity contribution in [2.45, 2.75) is 31.7 Å². The van der Waals surface area contributed by atoms with Crippen LogP contribution < -0.4 is 10.2 Å². The minimum absolute atomic E-state index is 0.183. The highest BCUT2D eigenvalue weighted by Crippen LogP contribution is 2.18. The third-order valence-corrected chi connectivity index (χ3v) is 3.23. The summed E-state index contributed by atoms with van der Waals surface area (Å²) in [6.45, 7) is 0.194. The first-order valence-corrected chi connectivity index (χ1v) is 6.51. The van der Waals surface area contributed by atoms with Crippen LogP contribution in [0.25, 0.3) is 0 Å². The van der Waals surface area contributed by atoms with Crippen LogP contribution in [0, 0.1) is 0 Å². The lowest BCUT2D eigenvalue weighted by Crippen LogP contribution is -2.40. The number of rotatable bonds is 6. The first kappa shape index (κ1) is 13.8. The molecule has 0 unspecified atom stereocenters. The average molecular weight is 254 g/mol. The Morgan fingerprint density at radius 3 is 2.81 bits per heavy atom. The molecule has 1 fully saturated rings. The molecule has 0 saturated carbocycles. The summed E-state index contributed by atoms with van der Waals surface area (Å²) < 4.78 is 34.1. The maximum Gasteiger partial charge on any atom is 0.335 e.